The predicted octanol–water partition coefficient (Wildman–Crippen LogP) is 3.52. The van der Waals surface area contributed by atoms with Crippen molar-refractivity contribution in [1.82, 2.24) is 0 Å². The molecule has 0 spiro atoms. The summed E-state index contributed by atoms with van der Waals surface area (Å²) in [5.41, 5.74) is 4.84. The molecule has 3 N–H and O–H groups in total. The quantitative estimate of drug-likeness (QED) is 0.672. The Morgan fingerprint density at radius 2 is 1.80 bits per heavy atom. The van der Waals surface area contributed by atoms with Crippen LogP contribution in [-0.4, -0.2) is 12.2 Å². The van der Waals surface area contributed by atoms with Crippen LogP contribution in [0.5, 0.6) is 0 Å². The van der Waals surface area contributed by atoms with Crippen LogP contribution < -0.4 is 11.1 Å². The molecule has 0 aliphatic rings. The van der Waals surface area contributed by atoms with Gasteiger partial charge in [-0.15, -0.1) is 11.8 Å². The van der Waals surface area contributed by atoms with Gasteiger partial charge in [0.2, 0.25) is 0 Å². The molecule has 104 valence electrons. The average molecular weight is 294 g/mol. The van der Waals surface area contributed by atoms with Gasteiger partial charge in [0.15, 0.2) is 5.82 Å². The van der Waals surface area contributed by atoms with Gasteiger partial charge in [-0.1, -0.05) is 0 Å². The number of hydrogen-bond acceptors (Lipinski definition) is 3. The second-order valence-electron chi connectivity index (χ2n) is 4.01. The molecule has 0 atom stereocenters. The summed E-state index contributed by atoms with van der Waals surface area (Å²) in [4.78, 5) is 12.9. The van der Waals surface area contributed by atoms with Crippen LogP contribution in [0.25, 0.3) is 0 Å². The zero-order valence-electron chi connectivity index (χ0n) is 10.6. The highest BCUT2D eigenvalue weighted by atomic mass is 32.2. The van der Waals surface area contributed by atoms with Crippen molar-refractivity contribution in [2.75, 3.05) is 17.3 Å². The minimum absolute atomic E-state index is 0.269. The number of rotatable bonds is 3. The number of nitrogen functional groups attached to an aromatic ring is 1. The molecule has 0 aliphatic carbocycles. The van der Waals surface area contributed by atoms with Crippen molar-refractivity contribution in [3.63, 3.8) is 0 Å². The Hall–Kier alpha value is -2.08. The predicted molar refractivity (Wildman–Crippen MR) is 76.9 cm³/mol. The molecule has 0 saturated carbocycles. The van der Waals surface area contributed by atoms with E-state index >= 15 is 0 Å². The molecule has 20 heavy (non-hydrogen) atoms. The van der Waals surface area contributed by atoms with E-state index in [2.05, 4.69) is 5.32 Å². The van der Waals surface area contributed by atoms with Gasteiger partial charge in [-0.3, -0.25) is 4.79 Å². The van der Waals surface area contributed by atoms with E-state index in [0.29, 0.717) is 5.69 Å². The molecule has 0 aromatic heterocycles. The highest BCUT2D eigenvalue weighted by Crippen LogP contribution is 2.21. The van der Waals surface area contributed by atoms with Crippen molar-refractivity contribution < 1.29 is 13.6 Å². The Bertz CT molecular complexity index is 644. The molecule has 2 aromatic rings. The monoisotopic (exact) mass is 294 g/mol. The summed E-state index contributed by atoms with van der Waals surface area (Å²) < 4.78 is 27.2. The Labute approximate surface area is 119 Å². The Kier molecular flexibility index (Phi) is 4.24. The van der Waals surface area contributed by atoms with E-state index in [1.54, 1.807) is 36.0 Å². The van der Waals surface area contributed by atoms with E-state index in [-0.39, 0.29) is 5.69 Å². The molecule has 0 unspecified atom stereocenters. The van der Waals surface area contributed by atoms with Crippen molar-refractivity contribution >= 4 is 29.0 Å². The van der Waals surface area contributed by atoms with Crippen LogP contribution in [0.2, 0.25) is 0 Å². The van der Waals surface area contributed by atoms with Crippen LogP contribution in [0.15, 0.2) is 41.3 Å². The number of benzene rings is 2. The van der Waals surface area contributed by atoms with Gasteiger partial charge < -0.3 is 11.1 Å². The minimum atomic E-state index is -1.05. The maximum Gasteiger partial charge on any atom is 0.261 e. The van der Waals surface area contributed by atoms with E-state index in [4.69, 9.17) is 5.73 Å². The van der Waals surface area contributed by atoms with Gasteiger partial charge in [0.25, 0.3) is 5.91 Å². The number of anilines is 2. The molecule has 0 fully saturated rings. The highest BCUT2D eigenvalue weighted by Gasteiger charge is 2.19. The van der Waals surface area contributed by atoms with E-state index in [9.17, 15) is 13.6 Å². The topological polar surface area (TPSA) is 55.1 Å². The fraction of sp³-hybridized carbons (Fsp3) is 0.0714. The first-order chi connectivity index (χ1) is 9.52. The highest BCUT2D eigenvalue weighted by molar-refractivity contribution is 7.98. The number of nitrogens with one attached hydrogen (secondary N) is 1. The van der Waals surface area contributed by atoms with E-state index in [0.717, 1.165) is 17.0 Å². The smallest absolute Gasteiger partial charge is 0.261 e. The third-order valence-electron chi connectivity index (χ3n) is 2.70. The number of carbonyl (C=O) groups is 1. The van der Waals surface area contributed by atoms with Crippen molar-refractivity contribution in [3.8, 4) is 0 Å². The van der Waals surface area contributed by atoms with Gasteiger partial charge in [-0.25, -0.2) is 8.78 Å². The summed E-state index contributed by atoms with van der Waals surface area (Å²) in [6.45, 7) is 0. The average Bonchev–Trinajstić information content (AvgIpc) is 2.44. The van der Waals surface area contributed by atoms with E-state index in [1.807, 2.05) is 6.26 Å². The number of carbonyl (C=O) groups excluding carboxylic acids is 1. The Balaban J connectivity index is 2.26. The summed E-state index contributed by atoms with van der Waals surface area (Å²) in [5.74, 6) is -2.87. The number of nitrogens with two attached hydrogens (primary N) is 1. The first kappa shape index (κ1) is 14.3. The summed E-state index contributed by atoms with van der Waals surface area (Å²) in [6, 6.07) is 8.95. The zero-order valence-corrected chi connectivity index (χ0v) is 11.4. The lowest BCUT2D eigenvalue weighted by Crippen LogP contribution is -2.16. The van der Waals surface area contributed by atoms with Gasteiger partial charge in [0.1, 0.15) is 11.4 Å². The lowest BCUT2D eigenvalue weighted by Gasteiger charge is -2.08. The van der Waals surface area contributed by atoms with Crippen molar-refractivity contribution in [3.05, 3.63) is 53.6 Å². The van der Waals surface area contributed by atoms with Crippen LogP contribution in [0, 0.1) is 11.6 Å². The molecule has 2 rings (SSSR count). The number of amides is 1. The molecule has 0 saturated heterocycles. The van der Waals surface area contributed by atoms with Crippen LogP contribution in [0.4, 0.5) is 20.2 Å². The van der Waals surface area contributed by atoms with Crippen LogP contribution >= 0.6 is 11.8 Å². The molecule has 0 heterocycles. The summed E-state index contributed by atoms with van der Waals surface area (Å²) >= 11 is 1.55. The van der Waals surface area contributed by atoms with E-state index in [1.165, 1.54) is 0 Å². The normalized spacial score (nSPS) is 10.3. The van der Waals surface area contributed by atoms with Gasteiger partial charge in [-0.05, 0) is 42.7 Å². The first-order valence-corrected chi connectivity index (χ1v) is 6.94. The zero-order chi connectivity index (χ0) is 14.7. The first-order valence-electron chi connectivity index (χ1n) is 5.72. The van der Waals surface area contributed by atoms with Crippen LogP contribution in [0.3, 0.4) is 0 Å². The maximum absolute atomic E-state index is 13.7. The fourth-order valence-corrected chi connectivity index (χ4v) is 2.05. The third kappa shape index (κ3) is 2.91. The minimum Gasteiger partial charge on any atom is -0.396 e. The molecular weight excluding hydrogens is 282 g/mol. The summed E-state index contributed by atoms with van der Waals surface area (Å²) in [6.07, 6.45) is 1.92. The molecule has 0 bridgehead atoms. The standard InChI is InChI=1S/C14H12F2N2OS/c1-20-9-4-2-8(3-5-9)18-14(19)12-10(15)6-7-11(17)13(12)16/h2-7H,17H2,1H3,(H,18,19). The second-order valence-corrected chi connectivity index (χ2v) is 4.89. The number of thioether (sulfide) groups is 1. The maximum atomic E-state index is 13.7. The second kappa shape index (κ2) is 5.92. The van der Waals surface area contributed by atoms with Gasteiger partial charge in [0, 0.05) is 10.6 Å². The van der Waals surface area contributed by atoms with Gasteiger partial charge in [-0.2, -0.15) is 0 Å². The largest absolute Gasteiger partial charge is 0.396 e. The lowest BCUT2D eigenvalue weighted by atomic mass is 10.1. The van der Waals surface area contributed by atoms with Crippen LogP contribution in [-0.2, 0) is 0 Å². The SMILES string of the molecule is CSc1ccc(NC(=O)c2c(F)ccc(N)c2F)cc1. The summed E-state index contributed by atoms with van der Waals surface area (Å²) in [7, 11) is 0. The van der Waals surface area contributed by atoms with Crippen molar-refractivity contribution in [2.45, 2.75) is 4.90 Å². The Morgan fingerprint density at radius 1 is 1.15 bits per heavy atom. The molecule has 1 amide bonds. The van der Waals surface area contributed by atoms with Gasteiger partial charge in [0.05, 0.1) is 5.69 Å². The molecule has 0 aliphatic heterocycles. The molecule has 6 heteroatoms. The van der Waals surface area contributed by atoms with E-state index < -0.39 is 23.1 Å². The van der Waals surface area contributed by atoms with Crippen LogP contribution in [0.1, 0.15) is 10.4 Å². The van der Waals surface area contributed by atoms with Crippen molar-refractivity contribution in [2.24, 2.45) is 0 Å². The number of halogens is 2. The molecule has 2 aromatic carbocycles. The number of hydrogen-bond donors (Lipinski definition) is 2. The summed E-state index contributed by atoms with van der Waals surface area (Å²) in [5, 5.41) is 2.43. The third-order valence-corrected chi connectivity index (χ3v) is 3.44. The molecular formula is C14H12F2N2OS. The van der Waals surface area contributed by atoms with Crippen molar-refractivity contribution in [1.29, 1.82) is 0 Å². The lowest BCUT2D eigenvalue weighted by molar-refractivity contribution is 0.101. The molecule has 0 radical (unpaired) electrons. The molecule has 3 nitrogen and oxygen atoms in total. The Morgan fingerprint density at radius 3 is 2.40 bits per heavy atom. The van der Waals surface area contributed by atoms with Gasteiger partial charge >= 0.3 is 0 Å². The fourth-order valence-electron chi connectivity index (χ4n) is 1.64.